The predicted molar refractivity (Wildman–Crippen MR) is 82.5 cm³/mol. The van der Waals surface area contributed by atoms with Crippen LogP contribution >= 0.6 is 0 Å². The van der Waals surface area contributed by atoms with Gasteiger partial charge in [0.25, 0.3) is 0 Å². The van der Waals surface area contributed by atoms with Crippen LogP contribution in [0.2, 0.25) is 0 Å². The van der Waals surface area contributed by atoms with Gasteiger partial charge in [-0.3, -0.25) is 9.48 Å². The molecule has 0 saturated heterocycles. The van der Waals surface area contributed by atoms with E-state index in [1.165, 1.54) is 5.56 Å². The Morgan fingerprint density at radius 3 is 2.67 bits per heavy atom. The van der Waals surface area contributed by atoms with Crippen LogP contribution in [0.5, 0.6) is 0 Å². The average Bonchev–Trinajstić information content (AvgIpc) is 2.97. The van der Waals surface area contributed by atoms with Gasteiger partial charge in [0.05, 0.1) is 6.54 Å². The minimum Gasteiger partial charge on any atom is -0.352 e. The lowest BCUT2D eigenvalue weighted by atomic mass is 10.1. The summed E-state index contributed by atoms with van der Waals surface area (Å²) in [5.74, 6) is 0.0490. The molecule has 3 N–H and O–H groups in total. The number of nitrogens with zero attached hydrogens (tertiary/aromatic N) is 2. The zero-order valence-corrected chi connectivity index (χ0v) is 12.3. The van der Waals surface area contributed by atoms with E-state index in [9.17, 15) is 4.79 Å². The van der Waals surface area contributed by atoms with E-state index < -0.39 is 0 Å². The van der Waals surface area contributed by atoms with Crippen molar-refractivity contribution in [3.8, 4) is 0 Å². The number of carbonyl (C=O) groups is 1. The Morgan fingerprint density at radius 2 is 2.05 bits per heavy atom. The van der Waals surface area contributed by atoms with Crippen LogP contribution < -0.4 is 11.1 Å². The van der Waals surface area contributed by atoms with Gasteiger partial charge in [0, 0.05) is 31.4 Å². The first-order chi connectivity index (χ1) is 10.1. The monoisotopic (exact) mass is 286 g/mol. The van der Waals surface area contributed by atoms with Crippen LogP contribution in [0.4, 0.5) is 0 Å². The Labute approximate surface area is 125 Å². The van der Waals surface area contributed by atoms with Gasteiger partial charge in [-0.25, -0.2) is 0 Å². The van der Waals surface area contributed by atoms with Crippen molar-refractivity contribution >= 4 is 5.91 Å². The largest absolute Gasteiger partial charge is 0.352 e. The van der Waals surface area contributed by atoms with Crippen molar-refractivity contribution < 1.29 is 4.79 Å². The van der Waals surface area contributed by atoms with Crippen molar-refractivity contribution in [3.63, 3.8) is 0 Å². The number of carbonyl (C=O) groups excluding carboxylic acids is 1. The Balaban J connectivity index is 1.78. The number of nitrogens with one attached hydrogen (secondary N) is 1. The number of rotatable bonds is 7. The highest BCUT2D eigenvalue weighted by molar-refractivity contribution is 5.75. The molecular weight excluding hydrogens is 264 g/mol. The average molecular weight is 286 g/mol. The Hall–Kier alpha value is -2.14. The van der Waals surface area contributed by atoms with E-state index in [2.05, 4.69) is 22.5 Å². The first-order valence-electron chi connectivity index (χ1n) is 7.21. The number of aromatic nitrogens is 2. The third-order valence-corrected chi connectivity index (χ3v) is 3.24. The molecule has 0 aliphatic heterocycles. The van der Waals surface area contributed by atoms with Crippen LogP contribution in [-0.2, 0) is 17.9 Å². The maximum absolute atomic E-state index is 11.6. The van der Waals surface area contributed by atoms with Gasteiger partial charge in [-0.2, -0.15) is 5.10 Å². The highest BCUT2D eigenvalue weighted by Crippen LogP contribution is 2.06. The van der Waals surface area contributed by atoms with E-state index in [1.54, 1.807) is 6.20 Å². The van der Waals surface area contributed by atoms with Crippen molar-refractivity contribution in [2.75, 3.05) is 0 Å². The first-order valence-corrected chi connectivity index (χ1v) is 7.21. The second-order valence-corrected chi connectivity index (χ2v) is 5.31. The van der Waals surface area contributed by atoms with Gasteiger partial charge >= 0.3 is 0 Å². The standard InChI is InChI=1S/C16H22N4O/c1-13(17)3-8-16(21)18-11-14-4-6-15(7-5-14)12-20-10-2-9-19-20/h2,4-7,9-10,13H,3,8,11-12,17H2,1H3,(H,18,21). The van der Waals surface area contributed by atoms with E-state index in [0.717, 1.165) is 12.1 Å². The molecule has 1 atom stereocenters. The Morgan fingerprint density at radius 1 is 1.33 bits per heavy atom. The molecule has 0 aliphatic rings. The van der Waals surface area contributed by atoms with Gasteiger partial charge in [0.15, 0.2) is 0 Å². The Kier molecular flexibility index (Phi) is 5.51. The zero-order valence-electron chi connectivity index (χ0n) is 12.3. The summed E-state index contributed by atoms with van der Waals surface area (Å²) in [5, 5.41) is 7.08. The molecule has 0 radical (unpaired) electrons. The molecule has 21 heavy (non-hydrogen) atoms. The summed E-state index contributed by atoms with van der Waals surface area (Å²) < 4.78 is 1.88. The van der Waals surface area contributed by atoms with Crippen molar-refractivity contribution in [2.24, 2.45) is 5.73 Å². The normalized spacial score (nSPS) is 12.1. The third-order valence-electron chi connectivity index (χ3n) is 3.24. The van der Waals surface area contributed by atoms with Gasteiger partial charge in [-0.1, -0.05) is 24.3 Å². The second kappa shape index (κ2) is 7.59. The van der Waals surface area contributed by atoms with Gasteiger partial charge in [0.1, 0.15) is 0 Å². The van der Waals surface area contributed by atoms with Crippen LogP contribution in [0.3, 0.4) is 0 Å². The molecule has 1 heterocycles. The smallest absolute Gasteiger partial charge is 0.220 e. The molecule has 2 rings (SSSR count). The Bertz CT molecular complexity index is 546. The number of benzene rings is 1. The molecule has 1 aromatic heterocycles. The molecule has 5 nitrogen and oxygen atoms in total. The molecule has 0 fully saturated rings. The minimum absolute atomic E-state index is 0.0490. The predicted octanol–water partition coefficient (Wildman–Crippen LogP) is 1.67. The van der Waals surface area contributed by atoms with E-state index >= 15 is 0 Å². The van der Waals surface area contributed by atoms with Crippen LogP contribution in [0.1, 0.15) is 30.9 Å². The quantitative estimate of drug-likeness (QED) is 0.813. The van der Waals surface area contributed by atoms with Crippen molar-refractivity contribution in [1.82, 2.24) is 15.1 Å². The van der Waals surface area contributed by atoms with Gasteiger partial charge in [0.2, 0.25) is 5.91 Å². The van der Waals surface area contributed by atoms with Gasteiger partial charge < -0.3 is 11.1 Å². The maximum atomic E-state index is 11.6. The van der Waals surface area contributed by atoms with E-state index in [0.29, 0.717) is 19.4 Å². The van der Waals surface area contributed by atoms with E-state index in [4.69, 9.17) is 5.73 Å². The lowest BCUT2D eigenvalue weighted by Gasteiger charge is -2.08. The molecule has 1 amide bonds. The maximum Gasteiger partial charge on any atom is 0.220 e. The molecule has 5 heteroatoms. The topological polar surface area (TPSA) is 72.9 Å². The SMILES string of the molecule is CC(N)CCC(=O)NCc1ccc(Cn2cccn2)cc1. The van der Waals surface area contributed by atoms with Gasteiger partial charge in [-0.15, -0.1) is 0 Å². The zero-order chi connectivity index (χ0) is 15.1. The highest BCUT2D eigenvalue weighted by Gasteiger charge is 2.03. The van der Waals surface area contributed by atoms with Crippen LogP contribution in [0.15, 0.2) is 42.7 Å². The lowest BCUT2D eigenvalue weighted by Crippen LogP contribution is -2.25. The highest BCUT2D eigenvalue weighted by atomic mass is 16.1. The summed E-state index contributed by atoms with van der Waals surface area (Å²) in [5.41, 5.74) is 7.91. The molecule has 1 aromatic carbocycles. The fraction of sp³-hybridized carbons (Fsp3) is 0.375. The number of hydrogen-bond donors (Lipinski definition) is 2. The van der Waals surface area contributed by atoms with Gasteiger partial charge in [-0.05, 0) is 30.5 Å². The molecule has 2 aromatic rings. The van der Waals surface area contributed by atoms with Crippen LogP contribution in [0, 0.1) is 0 Å². The molecule has 112 valence electrons. The van der Waals surface area contributed by atoms with Crippen molar-refractivity contribution in [1.29, 1.82) is 0 Å². The molecule has 0 saturated carbocycles. The number of amides is 1. The number of hydrogen-bond acceptors (Lipinski definition) is 3. The number of nitrogens with two attached hydrogens (primary N) is 1. The summed E-state index contributed by atoms with van der Waals surface area (Å²) in [6.45, 7) is 3.22. The summed E-state index contributed by atoms with van der Waals surface area (Å²) in [7, 11) is 0. The molecule has 0 spiro atoms. The van der Waals surface area contributed by atoms with Crippen molar-refractivity contribution in [2.45, 2.75) is 38.9 Å². The van der Waals surface area contributed by atoms with E-state index in [1.807, 2.05) is 36.0 Å². The first kappa shape index (κ1) is 15.3. The molecular formula is C16H22N4O. The van der Waals surface area contributed by atoms with Crippen LogP contribution in [0.25, 0.3) is 0 Å². The molecule has 0 aliphatic carbocycles. The fourth-order valence-electron chi connectivity index (χ4n) is 1.99. The minimum atomic E-state index is 0.0490. The lowest BCUT2D eigenvalue weighted by molar-refractivity contribution is -0.121. The fourth-order valence-corrected chi connectivity index (χ4v) is 1.99. The summed E-state index contributed by atoms with van der Waals surface area (Å²) in [4.78, 5) is 11.6. The summed E-state index contributed by atoms with van der Waals surface area (Å²) >= 11 is 0. The third kappa shape index (κ3) is 5.39. The summed E-state index contributed by atoms with van der Waals surface area (Å²) in [6, 6.07) is 10.2. The summed E-state index contributed by atoms with van der Waals surface area (Å²) in [6.07, 6.45) is 4.91. The van der Waals surface area contributed by atoms with E-state index in [-0.39, 0.29) is 11.9 Å². The van der Waals surface area contributed by atoms with Crippen molar-refractivity contribution in [3.05, 3.63) is 53.9 Å². The molecule has 0 bridgehead atoms. The molecule has 1 unspecified atom stereocenters. The second-order valence-electron chi connectivity index (χ2n) is 5.31. The van der Waals surface area contributed by atoms with Crippen LogP contribution in [-0.4, -0.2) is 21.7 Å².